The molecule has 0 amide bonds. The molecule has 7 heteroatoms. The number of H-pyrrole nitrogens is 1. The second-order valence-electron chi connectivity index (χ2n) is 8.68. The zero-order valence-corrected chi connectivity index (χ0v) is 20.6. The first kappa shape index (κ1) is 26.4. The second kappa shape index (κ2) is 13.0. The van der Waals surface area contributed by atoms with Crippen LogP contribution in [-0.2, 0) is 17.6 Å². The Kier molecular flexibility index (Phi) is 10.7. The van der Waals surface area contributed by atoms with Gasteiger partial charge in [0.1, 0.15) is 11.3 Å². The van der Waals surface area contributed by atoms with Gasteiger partial charge in [0.25, 0.3) is 0 Å². The number of nitrogens with one attached hydrogen (secondary N) is 2. The number of halogens is 1. The van der Waals surface area contributed by atoms with Crippen molar-refractivity contribution >= 4 is 34.0 Å². The molecule has 0 unspecified atom stereocenters. The molecule has 0 atom stereocenters. The number of thiazole rings is 1. The molecule has 0 aliphatic heterocycles. The molecule has 0 spiro atoms. The number of phenols is 1. The lowest BCUT2D eigenvalue weighted by Gasteiger charge is -2.26. The van der Waals surface area contributed by atoms with Gasteiger partial charge in [-0.1, -0.05) is 60.6 Å². The highest BCUT2D eigenvalue weighted by Crippen LogP contribution is 2.28. The molecule has 176 valence electrons. The topological polar surface area (TPSA) is 74.3 Å². The third kappa shape index (κ3) is 8.24. The fourth-order valence-electron chi connectivity index (χ4n) is 3.78. The van der Waals surface area contributed by atoms with Gasteiger partial charge < -0.3 is 20.1 Å². The summed E-state index contributed by atoms with van der Waals surface area (Å²) in [6, 6.07) is 14.0. The number of ether oxygens (including phenoxy) is 1. The summed E-state index contributed by atoms with van der Waals surface area (Å²) in [5, 5.41) is 13.6. The van der Waals surface area contributed by atoms with Gasteiger partial charge in [0.15, 0.2) is 0 Å². The van der Waals surface area contributed by atoms with Crippen LogP contribution >= 0.6 is 23.7 Å². The van der Waals surface area contributed by atoms with E-state index in [1.165, 1.54) is 18.4 Å². The first-order chi connectivity index (χ1) is 14.9. The number of fused-ring (bicyclic) bond motifs is 1. The van der Waals surface area contributed by atoms with Gasteiger partial charge in [-0.2, -0.15) is 0 Å². The Balaban J connectivity index is 0.00000363. The number of unbranched alkanes of at least 4 members (excludes halogenated alkanes) is 2. The Morgan fingerprint density at radius 2 is 1.81 bits per heavy atom. The summed E-state index contributed by atoms with van der Waals surface area (Å²) in [5.41, 5.74) is 3.04. The average Bonchev–Trinajstić information content (AvgIpc) is 3.15. The van der Waals surface area contributed by atoms with Crippen LogP contribution in [0.2, 0.25) is 0 Å². The Labute approximate surface area is 200 Å². The van der Waals surface area contributed by atoms with Gasteiger partial charge in [0, 0.05) is 12.1 Å². The summed E-state index contributed by atoms with van der Waals surface area (Å²) < 4.78 is 6.63. The minimum absolute atomic E-state index is 0. The molecule has 0 bridgehead atoms. The number of hydrogen-bond acceptors (Lipinski definition) is 5. The van der Waals surface area contributed by atoms with E-state index < -0.39 is 0 Å². The summed E-state index contributed by atoms with van der Waals surface area (Å²) in [7, 11) is 0. The van der Waals surface area contributed by atoms with E-state index in [0.29, 0.717) is 5.52 Å². The summed E-state index contributed by atoms with van der Waals surface area (Å²) in [6.07, 6.45) is 6.35. The van der Waals surface area contributed by atoms with Crippen molar-refractivity contribution in [1.82, 2.24) is 10.3 Å². The quantitative estimate of drug-likeness (QED) is 0.286. The van der Waals surface area contributed by atoms with Crippen LogP contribution in [0.15, 0.2) is 47.3 Å². The highest BCUT2D eigenvalue weighted by molar-refractivity contribution is 7.16. The largest absolute Gasteiger partial charge is 0.506 e. The molecular formula is C25H35ClN2O3S. The van der Waals surface area contributed by atoms with Crippen molar-refractivity contribution in [2.24, 2.45) is 0 Å². The van der Waals surface area contributed by atoms with E-state index >= 15 is 0 Å². The predicted molar refractivity (Wildman–Crippen MR) is 137 cm³/mol. The fraction of sp³-hybridized carbons (Fsp3) is 0.480. The van der Waals surface area contributed by atoms with Crippen LogP contribution < -0.4 is 10.2 Å². The van der Waals surface area contributed by atoms with Crippen molar-refractivity contribution in [3.8, 4) is 5.75 Å². The average molecular weight is 479 g/mol. The molecule has 0 fully saturated rings. The lowest BCUT2D eigenvalue weighted by molar-refractivity contribution is 0.132. The molecule has 2 aromatic carbocycles. The molecular weight excluding hydrogens is 444 g/mol. The molecule has 1 aromatic heterocycles. The van der Waals surface area contributed by atoms with Crippen LogP contribution in [0.3, 0.4) is 0 Å². The molecule has 0 saturated heterocycles. The van der Waals surface area contributed by atoms with E-state index in [4.69, 9.17) is 4.74 Å². The number of rotatable bonds is 13. The zero-order valence-electron chi connectivity index (χ0n) is 19.0. The van der Waals surface area contributed by atoms with E-state index in [9.17, 15) is 9.90 Å². The number of aromatic nitrogens is 1. The Morgan fingerprint density at radius 1 is 1.03 bits per heavy atom. The Bertz CT molecular complexity index is 1000. The second-order valence-corrected chi connectivity index (χ2v) is 9.66. The van der Waals surface area contributed by atoms with Crippen LogP contribution in [0.4, 0.5) is 0 Å². The molecule has 3 aromatic rings. The number of aromatic hydroxyl groups is 1. The minimum atomic E-state index is -0.130. The molecule has 5 nitrogen and oxygen atoms in total. The van der Waals surface area contributed by atoms with Crippen LogP contribution in [0.1, 0.15) is 50.7 Å². The van der Waals surface area contributed by atoms with E-state index in [2.05, 4.69) is 48.4 Å². The fourth-order valence-corrected chi connectivity index (χ4v) is 4.68. The van der Waals surface area contributed by atoms with Crippen molar-refractivity contribution < 1.29 is 9.84 Å². The van der Waals surface area contributed by atoms with Crippen LogP contribution in [-0.4, -0.2) is 35.4 Å². The molecule has 3 N–H and O–H groups in total. The molecule has 0 aliphatic rings. The predicted octanol–water partition coefficient (Wildman–Crippen LogP) is 5.45. The monoisotopic (exact) mass is 478 g/mol. The Morgan fingerprint density at radius 3 is 2.59 bits per heavy atom. The maximum absolute atomic E-state index is 11.6. The van der Waals surface area contributed by atoms with Crippen LogP contribution in [0, 0.1) is 0 Å². The molecule has 32 heavy (non-hydrogen) atoms. The van der Waals surface area contributed by atoms with Crippen molar-refractivity contribution in [1.29, 1.82) is 0 Å². The van der Waals surface area contributed by atoms with Gasteiger partial charge in [-0.05, 0) is 63.3 Å². The molecule has 0 aliphatic carbocycles. The smallest absolute Gasteiger partial charge is 0.305 e. The zero-order chi connectivity index (χ0) is 22.1. The van der Waals surface area contributed by atoms with Gasteiger partial charge in [-0.15, -0.1) is 12.4 Å². The SMILES string of the molecule is CC(C)(CCCCCOCCc1ccccc1)NCCc1ccc(O)c2[nH]c(=O)sc12.Cl. The summed E-state index contributed by atoms with van der Waals surface area (Å²) in [5.74, 6) is 0.134. The van der Waals surface area contributed by atoms with E-state index in [1.54, 1.807) is 6.07 Å². The Hall–Kier alpha value is -1.86. The van der Waals surface area contributed by atoms with E-state index in [1.807, 2.05) is 12.1 Å². The standard InChI is InChI=1S/C25H34N2O3S.ClH/c1-25(2,15-7-4-8-17-30-18-14-19-9-5-3-6-10-19)26-16-13-20-11-12-21(28)22-23(20)31-24(29)27-22;/h3,5-6,9-12,26,28H,4,7-8,13-18H2,1-2H3,(H,27,29);1H. The summed E-state index contributed by atoms with van der Waals surface area (Å²) >= 11 is 1.16. The van der Waals surface area contributed by atoms with Crippen LogP contribution in [0.5, 0.6) is 5.75 Å². The highest BCUT2D eigenvalue weighted by Gasteiger charge is 2.17. The number of aromatic amines is 1. The number of benzene rings is 2. The summed E-state index contributed by atoms with van der Waals surface area (Å²) in [4.78, 5) is 14.2. The molecule has 1 heterocycles. The minimum Gasteiger partial charge on any atom is -0.506 e. The van der Waals surface area contributed by atoms with Gasteiger partial charge in [-0.3, -0.25) is 4.79 Å². The van der Waals surface area contributed by atoms with Gasteiger partial charge >= 0.3 is 4.87 Å². The number of phenolic OH excluding ortho intramolecular Hbond substituents is 1. The maximum Gasteiger partial charge on any atom is 0.305 e. The third-order valence-corrected chi connectivity index (χ3v) is 6.56. The van der Waals surface area contributed by atoms with Crippen molar-refractivity contribution in [3.05, 3.63) is 63.3 Å². The molecule has 3 rings (SSSR count). The van der Waals surface area contributed by atoms with Crippen molar-refractivity contribution in [3.63, 3.8) is 0 Å². The third-order valence-electron chi connectivity index (χ3n) is 5.61. The van der Waals surface area contributed by atoms with Gasteiger partial charge in [0.2, 0.25) is 0 Å². The maximum atomic E-state index is 11.6. The molecule has 0 saturated carbocycles. The number of hydrogen-bond donors (Lipinski definition) is 3. The van der Waals surface area contributed by atoms with Gasteiger partial charge in [0.05, 0.1) is 11.3 Å². The van der Waals surface area contributed by atoms with Gasteiger partial charge in [-0.25, -0.2) is 0 Å². The van der Waals surface area contributed by atoms with E-state index in [0.717, 1.165) is 67.0 Å². The lowest BCUT2D eigenvalue weighted by Crippen LogP contribution is -2.40. The normalized spacial score (nSPS) is 11.6. The first-order valence-corrected chi connectivity index (χ1v) is 12.0. The first-order valence-electron chi connectivity index (χ1n) is 11.1. The van der Waals surface area contributed by atoms with Crippen molar-refractivity contribution in [2.75, 3.05) is 19.8 Å². The lowest BCUT2D eigenvalue weighted by atomic mass is 9.96. The molecule has 0 radical (unpaired) electrons. The van der Waals surface area contributed by atoms with E-state index in [-0.39, 0.29) is 28.6 Å². The van der Waals surface area contributed by atoms with Crippen LogP contribution in [0.25, 0.3) is 10.2 Å². The van der Waals surface area contributed by atoms with Crippen molar-refractivity contribution in [2.45, 2.75) is 57.9 Å². The highest BCUT2D eigenvalue weighted by atomic mass is 35.5. The summed E-state index contributed by atoms with van der Waals surface area (Å²) in [6.45, 7) is 6.94.